The molecular formula is C40H58N6O7S. The first-order valence-corrected chi connectivity index (χ1v) is 19.5. The Labute approximate surface area is 323 Å². The minimum Gasteiger partial charge on any atom is -0.493 e. The van der Waals surface area contributed by atoms with Crippen molar-refractivity contribution in [3.05, 3.63) is 75.7 Å². The largest absolute Gasteiger partial charge is 0.493 e. The number of aliphatic hydroxyl groups excluding tert-OH is 1. The minimum absolute atomic E-state index is 0.00434. The molecule has 2 aromatic carbocycles. The Balaban J connectivity index is 1.49. The van der Waals surface area contributed by atoms with E-state index in [0.29, 0.717) is 49.8 Å². The van der Waals surface area contributed by atoms with Crippen LogP contribution in [-0.4, -0.2) is 108 Å². The van der Waals surface area contributed by atoms with Crippen LogP contribution in [0.5, 0.6) is 11.5 Å². The molecule has 3 amide bonds. The summed E-state index contributed by atoms with van der Waals surface area (Å²) in [6.45, 7) is 13.8. The zero-order chi connectivity index (χ0) is 39.4. The van der Waals surface area contributed by atoms with Crippen molar-refractivity contribution in [1.82, 2.24) is 30.7 Å². The highest BCUT2D eigenvalue weighted by Crippen LogP contribution is 2.28. The first-order chi connectivity index (χ1) is 25.7. The van der Waals surface area contributed by atoms with E-state index in [1.54, 1.807) is 14.2 Å². The number of aliphatic hydroxyl groups is 1. The number of carbonyl (C=O) groups is 3. The van der Waals surface area contributed by atoms with Gasteiger partial charge >= 0.3 is 6.09 Å². The predicted molar refractivity (Wildman–Crippen MR) is 210 cm³/mol. The number of thiazole rings is 1. The van der Waals surface area contributed by atoms with E-state index in [1.807, 2.05) is 100 Å². The summed E-state index contributed by atoms with van der Waals surface area (Å²) in [4.78, 5) is 49.2. The number of carbonyl (C=O) groups excluding carboxylic acids is 3. The van der Waals surface area contributed by atoms with E-state index in [0.717, 1.165) is 22.6 Å². The summed E-state index contributed by atoms with van der Waals surface area (Å²) in [5.41, 5.74) is 2.13. The third-order valence-electron chi connectivity index (χ3n) is 9.22. The summed E-state index contributed by atoms with van der Waals surface area (Å²) in [6.07, 6.45) is -0.642. The van der Waals surface area contributed by atoms with Crippen LogP contribution in [0.25, 0.3) is 0 Å². The Morgan fingerprint density at radius 3 is 2.35 bits per heavy atom. The van der Waals surface area contributed by atoms with Crippen LogP contribution in [0.3, 0.4) is 0 Å². The van der Waals surface area contributed by atoms with Gasteiger partial charge in [0.1, 0.15) is 18.7 Å². The fraction of sp³-hybridized carbons (Fsp3) is 0.550. The first-order valence-electron chi connectivity index (χ1n) is 18.6. The van der Waals surface area contributed by atoms with Crippen LogP contribution < -0.4 is 25.4 Å². The number of aryl methyl sites for hydroxylation is 1. The van der Waals surface area contributed by atoms with E-state index in [2.05, 4.69) is 25.8 Å². The van der Waals surface area contributed by atoms with Crippen molar-refractivity contribution in [2.45, 2.75) is 97.3 Å². The Hall–Kier alpha value is -4.24. The van der Waals surface area contributed by atoms with Gasteiger partial charge in [-0.2, -0.15) is 0 Å². The van der Waals surface area contributed by atoms with Gasteiger partial charge in [0, 0.05) is 43.6 Å². The second-order valence-corrected chi connectivity index (χ2v) is 16.0. The zero-order valence-corrected chi connectivity index (χ0v) is 33.7. The van der Waals surface area contributed by atoms with E-state index in [4.69, 9.17) is 14.2 Å². The molecule has 0 saturated carbocycles. The predicted octanol–water partition coefficient (Wildman–Crippen LogP) is 4.16. The lowest BCUT2D eigenvalue weighted by atomic mass is 9.97. The molecule has 1 saturated heterocycles. The van der Waals surface area contributed by atoms with Gasteiger partial charge in [-0.15, -0.1) is 11.3 Å². The normalized spacial score (nSPS) is 17.0. The van der Waals surface area contributed by atoms with Gasteiger partial charge in [-0.3, -0.25) is 19.4 Å². The van der Waals surface area contributed by atoms with E-state index < -0.39 is 41.8 Å². The van der Waals surface area contributed by atoms with Crippen molar-refractivity contribution in [3.8, 4) is 11.5 Å². The molecule has 4 N–H and O–H groups in total. The van der Waals surface area contributed by atoms with Crippen LogP contribution >= 0.6 is 11.3 Å². The van der Waals surface area contributed by atoms with Gasteiger partial charge in [-0.05, 0) is 62.8 Å². The molecule has 14 heteroatoms. The van der Waals surface area contributed by atoms with Crippen LogP contribution in [0.2, 0.25) is 0 Å². The molecule has 1 aliphatic rings. The molecule has 0 bridgehead atoms. The molecule has 54 heavy (non-hydrogen) atoms. The number of benzene rings is 2. The van der Waals surface area contributed by atoms with Crippen LogP contribution in [0.4, 0.5) is 4.79 Å². The van der Waals surface area contributed by atoms with Gasteiger partial charge < -0.3 is 35.3 Å². The van der Waals surface area contributed by atoms with Gasteiger partial charge in [0.15, 0.2) is 11.5 Å². The standard InChI is InChI=1S/C40H58N6O7S/c1-9-35-41-29(25-54-35)24-53-39(50)43-36(26(2)3)38(49)42-30(19-27-13-11-10-12-14-27)32(47)23-46-18-17-45(22-31(46)37(48)44-40(4,5)6)21-28-15-16-33(51-7)34(20-28)52-8/h10-16,20,25-26,30-32,36,47H,9,17-19,21-24H2,1-8H3,(H,42,49)(H,43,50)(H,44,48)/t30-,31-,32+,36-/m0/s1. The Morgan fingerprint density at radius 2 is 1.72 bits per heavy atom. The summed E-state index contributed by atoms with van der Waals surface area (Å²) >= 11 is 1.51. The maximum absolute atomic E-state index is 13.9. The number of nitrogens with zero attached hydrogens (tertiary/aromatic N) is 3. The van der Waals surface area contributed by atoms with Gasteiger partial charge in [0.05, 0.1) is 37.1 Å². The number of alkyl carbamates (subject to hydrolysis) is 1. The molecule has 0 aliphatic carbocycles. The summed E-state index contributed by atoms with van der Waals surface area (Å²) < 4.78 is 16.3. The second kappa shape index (κ2) is 19.9. The Morgan fingerprint density at radius 1 is 1.00 bits per heavy atom. The molecule has 4 atom stereocenters. The molecule has 1 fully saturated rings. The number of β-amino-alcohol motifs (C(OH)–C–C–N with tert-alkyl or cyclic N) is 1. The quantitative estimate of drug-likeness (QED) is 0.158. The summed E-state index contributed by atoms with van der Waals surface area (Å²) in [7, 11) is 3.20. The maximum atomic E-state index is 13.9. The number of methoxy groups -OCH3 is 2. The van der Waals surface area contributed by atoms with Crippen LogP contribution in [0, 0.1) is 5.92 Å². The lowest BCUT2D eigenvalue weighted by Gasteiger charge is -2.43. The number of hydrogen-bond donors (Lipinski definition) is 4. The number of nitrogens with one attached hydrogen (secondary N) is 3. The first kappa shape index (κ1) is 42.5. The number of piperazine rings is 1. The molecule has 3 aromatic rings. The number of amides is 3. The fourth-order valence-electron chi connectivity index (χ4n) is 6.39. The molecule has 0 spiro atoms. The molecule has 4 rings (SSSR count). The number of ether oxygens (including phenoxy) is 3. The molecule has 1 aliphatic heterocycles. The van der Waals surface area contributed by atoms with Crippen molar-refractivity contribution in [2.75, 3.05) is 40.4 Å². The average molecular weight is 767 g/mol. The topological polar surface area (TPSA) is 155 Å². The Bertz CT molecular complexity index is 1660. The van der Waals surface area contributed by atoms with E-state index in [-0.39, 0.29) is 25.0 Å². The van der Waals surface area contributed by atoms with Crippen LogP contribution in [0.1, 0.15) is 63.4 Å². The number of rotatable bonds is 17. The van der Waals surface area contributed by atoms with E-state index in [1.165, 1.54) is 11.3 Å². The number of hydrogen-bond acceptors (Lipinski definition) is 11. The lowest BCUT2D eigenvalue weighted by Crippen LogP contribution is -2.63. The zero-order valence-electron chi connectivity index (χ0n) is 32.9. The highest BCUT2D eigenvalue weighted by atomic mass is 32.1. The molecular weight excluding hydrogens is 709 g/mol. The minimum atomic E-state index is -1.05. The molecule has 2 heterocycles. The van der Waals surface area contributed by atoms with Crippen molar-refractivity contribution < 1.29 is 33.7 Å². The van der Waals surface area contributed by atoms with Crippen molar-refractivity contribution in [2.24, 2.45) is 5.92 Å². The van der Waals surface area contributed by atoms with Crippen molar-refractivity contribution in [3.63, 3.8) is 0 Å². The molecule has 0 unspecified atom stereocenters. The second-order valence-electron chi connectivity index (χ2n) is 15.1. The van der Waals surface area contributed by atoms with E-state index >= 15 is 0 Å². The number of aromatic nitrogens is 1. The summed E-state index contributed by atoms with van der Waals surface area (Å²) in [6, 6.07) is 13.2. The van der Waals surface area contributed by atoms with Crippen LogP contribution in [0.15, 0.2) is 53.9 Å². The van der Waals surface area contributed by atoms with Gasteiger partial charge in [-0.1, -0.05) is 57.2 Å². The average Bonchev–Trinajstić information content (AvgIpc) is 3.61. The molecule has 13 nitrogen and oxygen atoms in total. The molecule has 0 radical (unpaired) electrons. The van der Waals surface area contributed by atoms with Gasteiger partial charge in [0.2, 0.25) is 11.8 Å². The molecule has 296 valence electrons. The maximum Gasteiger partial charge on any atom is 0.408 e. The van der Waals surface area contributed by atoms with Gasteiger partial charge in [-0.25, -0.2) is 9.78 Å². The van der Waals surface area contributed by atoms with Crippen molar-refractivity contribution in [1.29, 1.82) is 0 Å². The molecule has 1 aromatic heterocycles. The van der Waals surface area contributed by atoms with E-state index in [9.17, 15) is 19.5 Å². The fourth-order valence-corrected chi connectivity index (χ4v) is 7.12. The monoisotopic (exact) mass is 766 g/mol. The smallest absolute Gasteiger partial charge is 0.408 e. The lowest BCUT2D eigenvalue weighted by molar-refractivity contribution is -0.132. The highest BCUT2D eigenvalue weighted by Gasteiger charge is 2.37. The highest BCUT2D eigenvalue weighted by molar-refractivity contribution is 7.09. The van der Waals surface area contributed by atoms with Crippen molar-refractivity contribution >= 4 is 29.2 Å². The third-order valence-corrected chi connectivity index (χ3v) is 10.3. The Kier molecular flexibility index (Phi) is 15.7. The van der Waals surface area contributed by atoms with Gasteiger partial charge in [0.25, 0.3) is 0 Å². The third kappa shape index (κ3) is 12.7. The summed E-state index contributed by atoms with van der Waals surface area (Å²) in [5.74, 6) is 0.430. The SMILES string of the molecule is CCc1nc(COC(=O)N[C@H](C(=O)N[C@@H](Cc2ccccc2)[C@H](O)CN2CCN(Cc3ccc(OC)c(OC)c3)C[C@H]2C(=O)NC(C)(C)C)C(C)C)cs1. The van der Waals surface area contributed by atoms with Crippen LogP contribution in [-0.2, 0) is 40.3 Å². The summed E-state index contributed by atoms with van der Waals surface area (Å²) in [5, 5.41) is 23.6.